The molecule has 0 heterocycles. The van der Waals surface area contributed by atoms with Crippen molar-refractivity contribution in [1.82, 2.24) is 0 Å². The van der Waals surface area contributed by atoms with Crippen LogP contribution in [0.5, 0.6) is 17.2 Å². The summed E-state index contributed by atoms with van der Waals surface area (Å²) in [5.41, 5.74) is 1.64. The maximum absolute atomic E-state index is 12.8. The Bertz CT molecular complexity index is 1040. The normalized spacial score (nSPS) is 11.7. The third-order valence-electron chi connectivity index (χ3n) is 4.66. The Morgan fingerprint density at radius 1 is 0.941 bits per heavy atom. The molecule has 0 radical (unpaired) electrons. The first-order valence-corrected chi connectivity index (χ1v) is 11.6. The predicted octanol–water partition coefficient (Wildman–Crippen LogP) is 6.84. The molecule has 0 spiro atoms. The predicted molar refractivity (Wildman–Crippen MR) is 137 cm³/mol. The molecule has 0 unspecified atom stereocenters. The van der Waals surface area contributed by atoms with Crippen LogP contribution in [0.15, 0.2) is 55.1 Å². The molecule has 0 amide bonds. The van der Waals surface area contributed by atoms with Crippen LogP contribution in [-0.2, 0) is 11.2 Å². The van der Waals surface area contributed by atoms with Crippen molar-refractivity contribution in [2.24, 2.45) is 5.41 Å². The Morgan fingerprint density at radius 3 is 2.06 bits per heavy atom. The summed E-state index contributed by atoms with van der Waals surface area (Å²) in [4.78, 5) is 24.8. The summed E-state index contributed by atoms with van der Waals surface area (Å²) in [7, 11) is 0. The van der Waals surface area contributed by atoms with E-state index in [4.69, 9.17) is 14.2 Å². The Kier molecular flexibility index (Phi) is 9.25. The molecule has 2 aromatic rings. The van der Waals surface area contributed by atoms with Crippen LogP contribution in [0, 0.1) is 5.41 Å². The van der Waals surface area contributed by atoms with Crippen LogP contribution in [0.3, 0.4) is 0 Å². The van der Waals surface area contributed by atoms with E-state index >= 15 is 0 Å². The van der Waals surface area contributed by atoms with E-state index in [9.17, 15) is 9.59 Å². The van der Waals surface area contributed by atoms with Crippen molar-refractivity contribution in [1.29, 1.82) is 0 Å². The van der Waals surface area contributed by atoms with Crippen LogP contribution in [0.1, 0.15) is 70.0 Å². The third-order valence-corrected chi connectivity index (χ3v) is 4.66. The van der Waals surface area contributed by atoms with Crippen molar-refractivity contribution < 1.29 is 23.8 Å². The summed E-state index contributed by atoms with van der Waals surface area (Å²) in [6.45, 7) is 17.1. The van der Waals surface area contributed by atoms with E-state index in [0.29, 0.717) is 23.5 Å². The maximum Gasteiger partial charge on any atom is 0.316 e. The van der Waals surface area contributed by atoms with Crippen molar-refractivity contribution in [3.63, 3.8) is 0 Å². The molecule has 5 heteroatoms. The van der Waals surface area contributed by atoms with Crippen molar-refractivity contribution in [3.8, 4) is 17.2 Å². The van der Waals surface area contributed by atoms with Crippen LogP contribution < -0.4 is 14.2 Å². The third kappa shape index (κ3) is 7.91. The van der Waals surface area contributed by atoms with Gasteiger partial charge in [0.15, 0.2) is 5.78 Å². The Labute approximate surface area is 203 Å². The highest BCUT2D eigenvalue weighted by Crippen LogP contribution is 2.32. The van der Waals surface area contributed by atoms with Gasteiger partial charge in [0.25, 0.3) is 0 Å². The Balaban J connectivity index is 2.29. The summed E-state index contributed by atoms with van der Waals surface area (Å²) in [6, 6.07) is 10.4. The minimum atomic E-state index is -0.604. The second-order valence-electron chi connectivity index (χ2n) is 9.69. The zero-order chi connectivity index (χ0) is 25.5. The monoisotopic (exact) mass is 464 g/mol. The smallest absolute Gasteiger partial charge is 0.316 e. The first-order valence-electron chi connectivity index (χ1n) is 11.6. The second kappa shape index (κ2) is 11.7. The van der Waals surface area contributed by atoms with Gasteiger partial charge in [0.1, 0.15) is 17.2 Å². The van der Waals surface area contributed by atoms with Gasteiger partial charge in [-0.1, -0.05) is 6.08 Å². The molecule has 0 aliphatic heterocycles. The molecule has 0 saturated carbocycles. The zero-order valence-electron chi connectivity index (χ0n) is 21.3. The van der Waals surface area contributed by atoms with Crippen LogP contribution in [0.4, 0.5) is 0 Å². The van der Waals surface area contributed by atoms with Gasteiger partial charge in [0.2, 0.25) is 0 Å². The lowest BCUT2D eigenvalue weighted by Gasteiger charge is -2.19. The number of benzene rings is 2. The van der Waals surface area contributed by atoms with Crippen LogP contribution >= 0.6 is 0 Å². The van der Waals surface area contributed by atoms with E-state index in [1.54, 1.807) is 51.1 Å². The largest absolute Gasteiger partial charge is 0.491 e. The summed E-state index contributed by atoms with van der Waals surface area (Å²) < 4.78 is 17.3. The average molecular weight is 465 g/mol. The van der Waals surface area contributed by atoms with E-state index in [0.717, 1.165) is 16.9 Å². The van der Waals surface area contributed by atoms with Gasteiger partial charge in [0.05, 0.1) is 17.6 Å². The fourth-order valence-electron chi connectivity index (χ4n) is 3.00. The lowest BCUT2D eigenvalue weighted by molar-refractivity contribution is -0.143. The lowest BCUT2D eigenvalue weighted by Crippen LogP contribution is -2.25. The molecule has 0 aromatic heterocycles. The average Bonchev–Trinajstić information content (AvgIpc) is 2.73. The molecule has 182 valence electrons. The minimum absolute atomic E-state index is 0.0177. The highest BCUT2D eigenvalue weighted by atomic mass is 16.5. The quantitative estimate of drug-likeness (QED) is 0.127. The fourth-order valence-corrected chi connectivity index (χ4v) is 3.00. The molecule has 2 rings (SSSR count). The molecular formula is C29H36O5. The number of esters is 1. The number of allylic oxidation sites excluding steroid dienone is 2. The summed E-state index contributed by atoms with van der Waals surface area (Å²) in [6.07, 6.45) is 5.69. The molecule has 0 saturated heterocycles. The van der Waals surface area contributed by atoms with E-state index in [1.165, 1.54) is 6.08 Å². The molecule has 0 atom stereocenters. The molecule has 0 fully saturated rings. The van der Waals surface area contributed by atoms with Gasteiger partial charge in [-0.3, -0.25) is 9.59 Å². The van der Waals surface area contributed by atoms with E-state index < -0.39 is 5.41 Å². The van der Waals surface area contributed by atoms with E-state index in [-0.39, 0.29) is 24.0 Å². The van der Waals surface area contributed by atoms with Gasteiger partial charge in [-0.15, -0.1) is 6.58 Å². The minimum Gasteiger partial charge on any atom is -0.491 e. The fraction of sp³-hybridized carbons (Fsp3) is 0.379. The van der Waals surface area contributed by atoms with Gasteiger partial charge in [-0.25, -0.2) is 0 Å². The van der Waals surface area contributed by atoms with Gasteiger partial charge >= 0.3 is 5.97 Å². The number of rotatable bonds is 10. The van der Waals surface area contributed by atoms with E-state index in [1.807, 2.05) is 45.9 Å². The van der Waals surface area contributed by atoms with Gasteiger partial charge < -0.3 is 14.2 Å². The van der Waals surface area contributed by atoms with Gasteiger partial charge in [-0.05, 0) is 103 Å². The molecule has 0 aliphatic carbocycles. The Morgan fingerprint density at radius 2 is 1.53 bits per heavy atom. The van der Waals surface area contributed by atoms with Crippen LogP contribution in [0.25, 0.3) is 6.08 Å². The standard InChI is InChI=1S/C29H36O5/c1-9-10-22-17-23(27(33-20(4)5)18-26(22)32-19(2)3)13-16-25(30)21-11-14-24(15-12-21)34-28(31)29(6,7)8/h9,11-20H,1,10H2,2-8H3/b16-13+. The second-order valence-corrected chi connectivity index (χ2v) is 9.69. The number of ketones is 1. The number of carbonyl (C=O) groups is 2. The van der Waals surface area contributed by atoms with Crippen molar-refractivity contribution in [2.45, 2.75) is 67.1 Å². The first-order chi connectivity index (χ1) is 15.9. The Hall–Kier alpha value is -3.34. The number of hydrogen-bond acceptors (Lipinski definition) is 5. The number of ether oxygens (including phenoxy) is 3. The lowest BCUT2D eigenvalue weighted by atomic mass is 9.97. The topological polar surface area (TPSA) is 61.8 Å². The highest BCUT2D eigenvalue weighted by molar-refractivity contribution is 6.07. The van der Waals surface area contributed by atoms with Crippen molar-refractivity contribution >= 4 is 17.8 Å². The molecule has 5 nitrogen and oxygen atoms in total. The molecule has 0 N–H and O–H groups in total. The summed E-state index contributed by atoms with van der Waals surface area (Å²) in [5, 5.41) is 0. The first kappa shape index (κ1) is 26.9. The van der Waals surface area contributed by atoms with Crippen LogP contribution in [0.2, 0.25) is 0 Å². The number of hydrogen-bond donors (Lipinski definition) is 0. The summed E-state index contributed by atoms with van der Waals surface area (Å²) >= 11 is 0. The molecular weight excluding hydrogens is 428 g/mol. The molecule has 0 bridgehead atoms. The van der Waals surface area contributed by atoms with Gasteiger partial charge in [0, 0.05) is 17.2 Å². The molecule has 0 aliphatic rings. The highest BCUT2D eigenvalue weighted by Gasteiger charge is 2.23. The maximum atomic E-state index is 12.8. The number of carbonyl (C=O) groups excluding carboxylic acids is 2. The van der Waals surface area contributed by atoms with Crippen molar-refractivity contribution in [3.05, 3.63) is 71.8 Å². The SMILES string of the molecule is C=CCc1cc(/C=C/C(=O)c2ccc(OC(=O)C(C)(C)C)cc2)c(OC(C)C)cc1OC(C)C. The van der Waals surface area contributed by atoms with Gasteiger partial charge in [-0.2, -0.15) is 0 Å². The molecule has 2 aromatic carbocycles. The van der Waals surface area contributed by atoms with E-state index in [2.05, 4.69) is 6.58 Å². The van der Waals surface area contributed by atoms with Crippen molar-refractivity contribution in [2.75, 3.05) is 0 Å². The summed E-state index contributed by atoms with van der Waals surface area (Å²) in [5.74, 6) is 1.30. The molecule has 34 heavy (non-hydrogen) atoms. The zero-order valence-corrected chi connectivity index (χ0v) is 21.3. The van der Waals surface area contributed by atoms with Crippen LogP contribution in [-0.4, -0.2) is 24.0 Å².